The first-order valence-corrected chi connectivity index (χ1v) is 7.65. The summed E-state index contributed by atoms with van der Waals surface area (Å²) in [7, 11) is 0. The van der Waals surface area contributed by atoms with Crippen molar-refractivity contribution in [2.24, 2.45) is 0 Å². The zero-order chi connectivity index (χ0) is 15.2. The van der Waals surface area contributed by atoms with Gasteiger partial charge in [0.05, 0.1) is 5.75 Å². The Morgan fingerprint density at radius 2 is 2.14 bits per heavy atom. The number of allylic oxidation sites excluding steroid dienone is 1. The van der Waals surface area contributed by atoms with Crippen molar-refractivity contribution in [1.82, 2.24) is 14.8 Å². The van der Waals surface area contributed by atoms with Gasteiger partial charge in [-0.05, 0) is 31.2 Å². The number of benzene rings is 1. The minimum absolute atomic E-state index is 0.104. The van der Waals surface area contributed by atoms with Crippen LogP contribution in [0, 0.1) is 6.92 Å². The molecule has 0 saturated carbocycles. The quantitative estimate of drug-likeness (QED) is 0.655. The molecule has 5 nitrogen and oxygen atoms in total. The molecule has 0 unspecified atom stereocenters. The molecule has 0 atom stereocenters. The Bertz CT molecular complexity index is 639. The summed E-state index contributed by atoms with van der Waals surface area (Å²) in [4.78, 5) is 11.9. The molecule has 0 aliphatic carbocycles. The van der Waals surface area contributed by atoms with E-state index in [2.05, 4.69) is 22.1 Å². The summed E-state index contributed by atoms with van der Waals surface area (Å²) >= 11 is 7.14. The largest absolute Gasteiger partial charge is 0.325 e. The summed E-state index contributed by atoms with van der Waals surface area (Å²) in [6.45, 7) is 6.19. The van der Waals surface area contributed by atoms with Crippen LogP contribution >= 0.6 is 23.4 Å². The number of hydrogen-bond donors (Lipinski definition) is 1. The lowest BCUT2D eigenvalue weighted by atomic mass is 10.3. The van der Waals surface area contributed by atoms with Crippen LogP contribution < -0.4 is 5.32 Å². The Kier molecular flexibility index (Phi) is 5.41. The highest BCUT2D eigenvalue weighted by Gasteiger charge is 2.11. The lowest BCUT2D eigenvalue weighted by Gasteiger charge is -2.06. The highest BCUT2D eigenvalue weighted by molar-refractivity contribution is 7.99. The lowest BCUT2D eigenvalue weighted by molar-refractivity contribution is -0.113. The molecule has 21 heavy (non-hydrogen) atoms. The number of thioether (sulfide) groups is 1. The summed E-state index contributed by atoms with van der Waals surface area (Å²) in [5.74, 6) is 0.960. The molecular formula is C14H15ClN4OS. The molecule has 0 bridgehead atoms. The van der Waals surface area contributed by atoms with E-state index in [0.717, 1.165) is 5.82 Å². The maximum Gasteiger partial charge on any atom is 0.234 e. The van der Waals surface area contributed by atoms with E-state index < -0.39 is 0 Å². The van der Waals surface area contributed by atoms with E-state index in [1.807, 2.05) is 11.5 Å². The molecule has 1 aromatic carbocycles. The van der Waals surface area contributed by atoms with Crippen molar-refractivity contribution in [2.75, 3.05) is 11.1 Å². The van der Waals surface area contributed by atoms with Gasteiger partial charge in [-0.2, -0.15) is 0 Å². The van der Waals surface area contributed by atoms with Gasteiger partial charge < -0.3 is 9.88 Å². The summed E-state index contributed by atoms with van der Waals surface area (Å²) in [6, 6.07) is 6.98. The second-order valence-corrected chi connectivity index (χ2v) is 5.65. The Balaban J connectivity index is 1.92. The molecule has 7 heteroatoms. The molecule has 2 aromatic rings. The number of aryl methyl sites for hydroxylation is 1. The maximum absolute atomic E-state index is 11.9. The van der Waals surface area contributed by atoms with Gasteiger partial charge in [0.2, 0.25) is 5.91 Å². The van der Waals surface area contributed by atoms with Gasteiger partial charge in [0.1, 0.15) is 5.82 Å². The third-order valence-corrected chi connectivity index (χ3v) is 3.89. The third kappa shape index (κ3) is 4.34. The summed E-state index contributed by atoms with van der Waals surface area (Å²) < 4.78 is 1.91. The average Bonchev–Trinajstić information content (AvgIpc) is 2.81. The Morgan fingerprint density at radius 1 is 1.43 bits per heavy atom. The van der Waals surface area contributed by atoms with Crippen molar-refractivity contribution in [3.63, 3.8) is 0 Å². The van der Waals surface area contributed by atoms with Gasteiger partial charge in [-0.1, -0.05) is 29.4 Å². The van der Waals surface area contributed by atoms with E-state index in [-0.39, 0.29) is 11.7 Å². The molecular weight excluding hydrogens is 308 g/mol. The summed E-state index contributed by atoms with van der Waals surface area (Å²) in [5, 5.41) is 12.2. The zero-order valence-electron chi connectivity index (χ0n) is 11.5. The molecule has 0 aliphatic rings. The number of hydrogen-bond acceptors (Lipinski definition) is 4. The molecule has 0 aliphatic heterocycles. The molecule has 2 rings (SSSR count). The molecule has 1 heterocycles. The van der Waals surface area contributed by atoms with Crippen LogP contribution in [0.25, 0.3) is 0 Å². The molecule has 0 spiro atoms. The number of nitrogens with zero attached hydrogens (tertiary/aromatic N) is 3. The number of amides is 1. The van der Waals surface area contributed by atoms with Crippen LogP contribution in [0.2, 0.25) is 5.02 Å². The van der Waals surface area contributed by atoms with Crippen LogP contribution in [0.1, 0.15) is 5.82 Å². The fourth-order valence-corrected chi connectivity index (χ4v) is 2.59. The number of aromatic nitrogens is 3. The van der Waals surface area contributed by atoms with E-state index in [4.69, 9.17) is 11.6 Å². The third-order valence-electron chi connectivity index (χ3n) is 2.67. The van der Waals surface area contributed by atoms with E-state index in [0.29, 0.717) is 22.4 Å². The van der Waals surface area contributed by atoms with Crippen LogP contribution in [0.5, 0.6) is 0 Å². The standard InChI is InChI=1S/C14H15ClN4OS/c1-3-8-19-10(2)17-18-14(19)21-9-13(20)16-12-6-4-11(15)5-7-12/h3-7H,1,8-9H2,2H3,(H,16,20). The monoisotopic (exact) mass is 322 g/mol. The Labute approximate surface area is 132 Å². The van der Waals surface area contributed by atoms with E-state index in [1.54, 1.807) is 30.3 Å². The Morgan fingerprint density at radius 3 is 2.81 bits per heavy atom. The van der Waals surface area contributed by atoms with Crippen LogP contribution in [0.3, 0.4) is 0 Å². The predicted octanol–water partition coefficient (Wildman–Crippen LogP) is 3.16. The lowest BCUT2D eigenvalue weighted by Crippen LogP contribution is -2.14. The van der Waals surface area contributed by atoms with Crippen molar-refractivity contribution in [3.05, 3.63) is 47.8 Å². The van der Waals surface area contributed by atoms with E-state index >= 15 is 0 Å². The topological polar surface area (TPSA) is 59.8 Å². The van der Waals surface area contributed by atoms with Crippen LogP contribution in [0.15, 0.2) is 42.1 Å². The zero-order valence-corrected chi connectivity index (χ0v) is 13.1. The van der Waals surface area contributed by atoms with Crippen molar-refractivity contribution >= 4 is 35.0 Å². The summed E-state index contributed by atoms with van der Waals surface area (Å²) in [6.07, 6.45) is 1.77. The van der Waals surface area contributed by atoms with Crippen molar-refractivity contribution < 1.29 is 4.79 Å². The number of carbonyl (C=O) groups excluding carboxylic acids is 1. The van der Waals surface area contributed by atoms with Crippen molar-refractivity contribution in [3.8, 4) is 0 Å². The van der Waals surface area contributed by atoms with Gasteiger partial charge in [-0.3, -0.25) is 4.79 Å². The number of carbonyl (C=O) groups is 1. The fourth-order valence-electron chi connectivity index (χ4n) is 1.67. The van der Waals surface area contributed by atoms with Gasteiger partial charge in [0, 0.05) is 17.3 Å². The molecule has 110 valence electrons. The molecule has 0 saturated heterocycles. The molecule has 1 aromatic heterocycles. The molecule has 1 N–H and O–H groups in total. The fraction of sp³-hybridized carbons (Fsp3) is 0.214. The number of anilines is 1. The summed E-state index contributed by atoms with van der Waals surface area (Å²) in [5.41, 5.74) is 0.716. The highest BCUT2D eigenvalue weighted by Crippen LogP contribution is 2.18. The minimum atomic E-state index is -0.104. The van der Waals surface area contributed by atoms with Crippen LogP contribution in [0.4, 0.5) is 5.69 Å². The highest BCUT2D eigenvalue weighted by atomic mass is 35.5. The van der Waals surface area contributed by atoms with Gasteiger partial charge in [-0.15, -0.1) is 16.8 Å². The van der Waals surface area contributed by atoms with Crippen LogP contribution in [-0.2, 0) is 11.3 Å². The number of rotatable bonds is 6. The normalized spacial score (nSPS) is 10.4. The first-order valence-electron chi connectivity index (χ1n) is 6.29. The van der Waals surface area contributed by atoms with Gasteiger partial charge in [0.15, 0.2) is 5.16 Å². The SMILES string of the molecule is C=CCn1c(C)nnc1SCC(=O)Nc1ccc(Cl)cc1. The van der Waals surface area contributed by atoms with Crippen LogP contribution in [-0.4, -0.2) is 26.4 Å². The second-order valence-electron chi connectivity index (χ2n) is 4.27. The smallest absolute Gasteiger partial charge is 0.234 e. The van der Waals surface area contributed by atoms with Gasteiger partial charge in [0.25, 0.3) is 0 Å². The maximum atomic E-state index is 11.9. The molecule has 0 radical (unpaired) electrons. The van der Waals surface area contributed by atoms with Gasteiger partial charge in [-0.25, -0.2) is 0 Å². The van der Waals surface area contributed by atoms with Crippen molar-refractivity contribution in [2.45, 2.75) is 18.6 Å². The first-order chi connectivity index (χ1) is 10.1. The van der Waals surface area contributed by atoms with Crippen molar-refractivity contribution in [1.29, 1.82) is 0 Å². The predicted molar refractivity (Wildman–Crippen MR) is 85.8 cm³/mol. The molecule has 1 amide bonds. The Hall–Kier alpha value is -1.79. The van der Waals surface area contributed by atoms with E-state index in [9.17, 15) is 4.79 Å². The number of nitrogens with one attached hydrogen (secondary N) is 1. The number of halogens is 1. The first kappa shape index (κ1) is 15.6. The molecule has 0 fully saturated rings. The van der Waals surface area contributed by atoms with E-state index in [1.165, 1.54) is 11.8 Å². The minimum Gasteiger partial charge on any atom is -0.325 e. The second kappa shape index (κ2) is 7.28. The van der Waals surface area contributed by atoms with Gasteiger partial charge >= 0.3 is 0 Å². The average molecular weight is 323 g/mol.